The Labute approximate surface area is 154 Å². The Morgan fingerprint density at radius 2 is 1.70 bits per heavy atom. The van der Waals surface area contributed by atoms with E-state index in [1.165, 1.54) is 30.3 Å². The minimum absolute atomic E-state index is 0.311. The lowest BCUT2D eigenvalue weighted by molar-refractivity contribution is -0.136. The molecule has 2 aromatic carbocycles. The van der Waals surface area contributed by atoms with Crippen LogP contribution in [0.25, 0.3) is 0 Å². The van der Waals surface area contributed by atoms with Gasteiger partial charge < -0.3 is 15.1 Å². The van der Waals surface area contributed by atoms with E-state index < -0.39 is 29.2 Å². The van der Waals surface area contributed by atoms with Gasteiger partial charge in [-0.25, -0.2) is 4.39 Å². The molecule has 2 aromatic rings. The number of nitrogens with zero attached hydrogens (tertiary/aromatic N) is 2. The summed E-state index contributed by atoms with van der Waals surface area (Å²) >= 11 is 0. The Morgan fingerprint density at radius 3 is 2.33 bits per heavy atom. The number of halogens is 4. The van der Waals surface area contributed by atoms with E-state index in [4.69, 9.17) is 0 Å². The number of amides is 1. The molecular weight excluding hydrogens is 362 g/mol. The molecule has 1 N–H and O–H groups in total. The number of anilines is 2. The molecule has 1 aliphatic rings. The van der Waals surface area contributed by atoms with Gasteiger partial charge in [0.15, 0.2) is 0 Å². The standard InChI is InChI=1S/C19H19F4N3O/c1-25-8-10-26(11-9-25)13-6-7-17(15(12-13)19(21,22)23)24-18(27)14-4-2-3-5-16(14)20/h2-7,12H,8-11H2,1H3,(H,24,27). The molecule has 3 rings (SSSR count). The Morgan fingerprint density at radius 1 is 1.04 bits per heavy atom. The van der Waals surface area contributed by atoms with Gasteiger partial charge in [0.1, 0.15) is 5.82 Å². The van der Waals surface area contributed by atoms with Crippen LogP contribution in [0.2, 0.25) is 0 Å². The van der Waals surface area contributed by atoms with Crippen LogP contribution in [0, 0.1) is 5.82 Å². The molecule has 0 aliphatic carbocycles. The molecule has 0 bridgehead atoms. The molecule has 8 heteroatoms. The Bertz CT molecular complexity index is 830. The first-order valence-electron chi connectivity index (χ1n) is 8.46. The lowest BCUT2D eigenvalue weighted by atomic mass is 10.1. The fraction of sp³-hybridized carbons (Fsp3) is 0.316. The second kappa shape index (κ2) is 7.56. The summed E-state index contributed by atoms with van der Waals surface area (Å²) in [5.41, 5.74) is -1.22. The number of carbonyl (C=O) groups is 1. The molecule has 0 aromatic heterocycles. The minimum atomic E-state index is -4.65. The van der Waals surface area contributed by atoms with Crippen LogP contribution < -0.4 is 10.2 Å². The third-order valence-electron chi connectivity index (χ3n) is 4.54. The van der Waals surface area contributed by atoms with Crippen LogP contribution in [0.3, 0.4) is 0 Å². The monoisotopic (exact) mass is 381 g/mol. The molecule has 0 saturated carbocycles. The second-order valence-electron chi connectivity index (χ2n) is 6.45. The van der Waals surface area contributed by atoms with Crippen molar-refractivity contribution in [1.82, 2.24) is 4.90 Å². The summed E-state index contributed by atoms with van der Waals surface area (Å²) < 4.78 is 54.3. The van der Waals surface area contributed by atoms with Gasteiger partial charge in [-0.1, -0.05) is 12.1 Å². The van der Waals surface area contributed by atoms with Crippen molar-refractivity contribution in [3.8, 4) is 0 Å². The van der Waals surface area contributed by atoms with Gasteiger partial charge in [-0.15, -0.1) is 0 Å². The first kappa shape index (κ1) is 19.2. The van der Waals surface area contributed by atoms with E-state index in [9.17, 15) is 22.4 Å². The number of benzene rings is 2. The molecule has 4 nitrogen and oxygen atoms in total. The SMILES string of the molecule is CN1CCN(c2ccc(NC(=O)c3ccccc3F)c(C(F)(F)F)c2)CC1. The highest BCUT2D eigenvalue weighted by atomic mass is 19.4. The van der Waals surface area contributed by atoms with Crippen LogP contribution in [-0.2, 0) is 6.18 Å². The number of rotatable bonds is 3. The zero-order chi connectivity index (χ0) is 19.6. The van der Waals surface area contributed by atoms with Crippen molar-refractivity contribution in [3.05, 3.63) is 59.4 Å². The molecule has 1 aliphatic heterocycles. The lowest BCUT2D eigenvalue weighted by Gasteiger charge is -2.34. The van der Waals surface area contributed by atoms with Gasteiger partial charge >= 0.3 is 6.18 Å². The summed E-state index contributed by atoms with van der Waals surface area (Å²) in [6.07, 6.45) is -4.65. The third kappa shape index (κ3) is 4.39. The van der Waals surface area contributed by atoms with Gasteiger partial charge in [0.25, 0.3) is 5.91 Å². The van der Waals surface area contributed by atoms with E-state index in [0.29, 0.717) is 18.8 Å². The van der Waals surface area contributed by atoms with E-state index >= 15 is 0 Å². The van der Waals surface area contributed by atoms with E-state index in [0.717, 1.165) is 25.2 Å². The van der Waals surface area contributed by atoms with Crippen molar-refractivity contribution < 1.29 is 22.4 Å². The lowest BCUT2D eigenvalue weighted by Crippen LogP contribution is -2.44. The highest BCUT2D eigenvalue weighted by molar-refractivity contribution is 6.05. The predicted molar refractivity (Wildman–Crippen MR) is 95.5 cm³/mol. The van der Waals surface area contributed by atoms with E-state index in [-0.39, 0.29) is 5.56 Å². The van der Waals surface area contributed by atoms with Crippen molar-refractivity contribution in [2.75, 3.05) is 43.4 Å². The largest absolute Gasteiger partial charge is 0.418 e. The summed E-state index contributed by atoms with van der Waals surface area (Å²) in [7, 11) is 1.96. The van der Waals surface area contributed by atoms with Gasteiger partial charge in [0.2, 0.25) is 0 Å². The van der Waals surface area contributed by atoms with Crippen LogP contribution in [0.15, 0.2) is 42.5 Å². The van der Waals surface area contributed by atoms with Gasteiger partial charge in [0, 0.05) is 31.9 Å². The molecule has 0 radical (unpaired) electrons. The quantitative estimate of drug-likeness (QED) is 0.821. The predicted octanol–water partition coefficient (Wildman–Crippen LogP) is 3.85. The number of nitrogens with one attached hydrogen (secondary N) is 1. The minimum Gasteiger partial charge on any atom is -0.369 e. The van der Waals surface area contributed by atoms with E-state index in [1.54, 1.807) is 0 Å². The van der Waals surface area contributed by atoms with E-state index in [1.807, 2.05) is 11.9 Å². The summed E-state index contributed by atoms with van der Waals surface area (Å²) in [4.78, 5) is 16.2. The average Bonchev–Trinajstić information content (AvgIpc) is 2.62. The molecule has 0 atom stereocenters. The Balaban J connectivity index is 1.89. The van der Waals surface area contributed by atoms with Gasteiger partial charge in [0.05, 0.1) is 16.8 Å². The number of hydrogen-bond acceptors (Lipinski definition) is 3. The van der Waals surface area contributed by atoms with Gasteiger partial charge in [-0.3, -0.25) is 4.79 Å². The molecule has 0 unspecified atom stereocenters. The zero-order valence-corrected chi connectivity index (χ0v) is 14.7. The van der Waals surface area contributed by atoms with Crippen molar-refractivity contribution in [2.45, 2.75) is 6.18 Å². The summed E-state index contributed by atoms with van der Waals surface area (Å²) in [6.45, 7) is 2.75. The average molecular weight is 381 g/mol. The van der Waals surface area contributed by atoms with Crippen molar-refractivity contribution >= 4 is 17.3 Å². The first-order valence-corrected chi connectivity index (χ1v) is 8.46. The molecule has 27 heavy (non-hydrogen) atoms. The van der Waals surface area contributed by atoms with Crippen LogP contribution in [0.5, 0.6) is 0 Å². The number of piperazine rings is 1. The number of carbonyl (C=O) groups excluding carboxylic acids is 1. The maximum atomic E-state index is 13.7. The van der Waals surface area contributed by atoms with Crippen LogP contribution >= 0.6 is 0 Å². The van der Waals surface area contributed by atoms with Crippen LogP contribution in [-0.4, -0.2) is 44.0 Å². The number of likely N-dealkylation sites (N-methyl/N-ethyl adjacent to an activating group) is 1. The maximum Gasteiger partial charge on any atom is 0.418 e. The Hall–Kier alpha value is -2.61. The highest BCUT2D eigenvalue weighted by Gasteiger charge is 2.35. The topological polar surface area (TPSA) is 35.6 Å². The molecular formula is C19H19F4N3O. The molecule has 0 spiro atoms. The molecule has 144 valence electrons. The van der Waals surface area contributed by atoms with Crippen molar-refractivity contribution in [3.63, 3.8) is 0 Å². The smallest absolute Gasteiger partial charge is 0.369 e. The number of alkyl halides is 3. The zero-order valence-electron chi connectivity index (χ0n) is 14.7. The first-order chi connectivity index (χ1) is 12.8. The summed E-state index contributed by atoms with van der Waals surface area (Å²) in [5.74, 6) is -1.72. The molecule has 1 fully saturated rings. The number of hydrogen-bond donors (Lipinski definition) is 1. The van der Waals surface area contributed by atoms with Crippen molar-refractivity contribution in [1.29, 1.82) is 0 Å². The molecule has 1 heterocycles. The fourth-order valence-electron chi connectivity index (χ4n) is 2.97. The maximum absolute atomic E-state index is 13.7. The highest BCUT2D eigenvalue weighted by Crippen LogP contribution is 2.37. The van der Waals surface area contributed by atoms with Gasteiger partial charge in [-0.05, 0) is 37.4 Å². The molecule has 1 amide bonds. The molecule has 1 saturated heterocycles. The van der Waals surface area contributed by atoms with E-state index in [2.05, 4.69) is 10.2 Å². The fourth-order valence-corrected chi connectivity index (χ4v) is 2.97. The third-order valence-corrected chi connectivity index (χ3v) is 4.54. The summed E-state index contributed by atoms with van der Waals surface area (Å²) in [5, 5.41) is 2.19. The summed E-state index contributed by atoms with van der Waals surface area (Å²) in [6, 6.07) is 8.93. The van der Waals surface area contributed by atoms with Gasteiger partial charge in [-0.2, -0.15) is 13.2 Å². The Kier molecular flexibility index (Phi) is 5.36. The van der Waals surface area contributed by atoms with Crippen molar-refractivity contribution in [2.24, 2.45) is 0 Å². The normalized spacial score (nSPS) is 15.7. The van der Waals surface area contributed by atoms with Crippen LogP contribution in [0.4, 0.5) is 28.9 Å². The van der Waals surface area contributed by atoms with Crippen LogP contribution in [0.1, 0.15) is 15.9 Å². The second-order valence-corrected chi connectivity index (χ2v) is 6.45.